The Morgan fingerprint density at radius 1 is 0.926 bits per heavy atom. The molecule has 0 saturated carbocycles. The van der Waals surface area contributed by atoms with Gasteiger partial charge in [0.2, 0.25) is 0 Å². The fourth-order valence-corrected chi connectivity index (χ4v) is 2.47. The van der Waals surface area contributed by atoms with Crippen molar-refractivity contribution in [2.45, 2.75) is 6.92 Å². The number of carbonyl (C=O) groups is 1. The second kappa shape index (κ2) is 8.67. The van der Waals surface area contributed by atoms with Gasteiger partial charge in [0.1, 0.15) is 11.5 Å². The van der Waals surface area contributed by atoms with Crippen LogP contribution in [0.3, 0.4) is 0 Å². The summed E-state index contributed by atoms with van der Waals surface area (Å²) in [5.41, 5.74) is 6.12. The summed E-state index contributed by atoms with van der Waals surface area (Å²) in [6, 6.07) is 24.2. The molecular weight excluding hydrogens is 340 g/mol. The van der Waals surface area contributed by atoms with Gasteiger partial charge in [-0.3, -0.25) is 4.79 Å². The van der Waals surface area contributed by atoms with Gasteiger partial charge in [0.05, 0.1) is 5.71 Å². The number of ether oxygens (including phenoxy) is 1. The van der Waals surface area contributed by atoms with E-state index in [1.807, 2.05) is 54.6 Å². The van der Waals surface area contributed by atoms with Gasteiger partial charge in [-0.15, -0.1) is 0 Å². The molecule has 0 radical (unpaired) electrons. The van der Waals surface area contributed by atoms with Crippen molar-refractivity contribution in [3.63, 3.8) is 0 Å². The lowest BCUT2D eigenvalue weighted by molar-refractivity contribution is -0.123. The van der Waals surface area contributed by atoms with Gasteiger partial charge in [-0.1, -0.05) is 42.5 Å². The number of carbonyl (C=O) groups excluding carboxylic acids is 1. The van der Waals surface area contributed by atoms with Crippen LogP contribution in [0.4, 0.5) is 0 Å². The maximum atomic E-state index is 11.9. The van der Waals surface area contributed by atoms with Crippen LogP contribution in [0.1, 0.15) is 12.5 Å². The Hall–Kier alpha value is -3.60. The van der Waals surface area contributed by atoms with Gasteiger partial charge in [-0.2, -0.15) is 5.10 Å². The number of hydrogen-bond donors (Lipinski definition) is 2. The normalized spacial score (nSPS) is 11.1. The maximum absolute atomic E-state index is 11.9. The fourth-order valence-electron chi connectivity index (χ4n) is 2.47. The van der Waals surface area contributed by atoms with Crippen LogP contribution in [-0.2, 0) is 4.79 Å². The number of aromatic hydroxyl groups is 1. The topological polar surface area (TPSA) is 70.9 Å². The van der Waals surface area contributed by atoms with Crippen molar-refractivity contribution in [3.8, 4) is 22.6 Å². The van der Waals surface area contributed by atoms with Crippen LogP contribution in [0.25, 0.3) is 11.1 Å². The number of nitrogens with one attached hydrogen (secondary N) is 1. The van der Waals surface area contributed by atoms with E-state index in [1.54, 1.807) is 31.2 Å². The van der Waals surface area contributed by atoms with E-state index in [1.165, 1.54) is 0 Å². The zero-order chi connectivity index (χ0) is 19.1. The van der Waals surface area contributed by atoms with Crippen molar-refractivity contribution in [1.29, 1.82) is 0 Å². The van der Waals surface area contributed by atoms with Crippen LogP contribution in [-0.4, -0.2) is 23.3 Å². The summed E-state index contributed by atoms with van der Waals surface area (Å²) >= 11 is 0. The Morgan fingerprint density at radius 3 is 2.22 bits per heavy atom. The van der Waals surface area contributed by atoms with Crippen LogP contribution < -0.4 is 10.2 Å². The SMILES string of the molecule is CC(=NNC(=O)COc1ccc(-c2ccccc2)cc1)c1ccc(O)cc1. The van der Waals surface area contributed by atoms with E-state index in [2.05, 4.69) is 10.5 Å². The average Bonchev–Trinajstić information content (AvgIpc) is 2.72. The molecule has 136 valence electrons. The molecule has 0 heterocycles. The van der Waals surface area contributed by atoms with Crippen molar-refractivity contribution < 1.29 is 14.6 Å². The predicted molar refractivity (Wildman–Crippen MR) is 106 cm³/mol. The van der Waals surface area contributed by atoms with E-state index >= 15 is 0 Å². The van der Waals surface area contributed by atoms with Gasteiger partial charge in [-0.05, 0) is 60.0 Å². The zero-order valence-electron chi connectivity index (χ0n) is 14.9. The van der Waals surface area contributed by atoms with E-state index in [4.69, 9.17) is 4.74 Å². The van der Waals surface area contributed by atoms with Crippen LogP contribution >= 0.6 is 0 Å². The number of amides is 1. The van der Waals surface area contributed by atoms with Gasteiger partial charge >= 0.3 is 0 Å². The molecule has 0 unspecified atom stereocenters. The van der Waals surface area contributed by atoms with E-state index in [-0.39, 0.29) is 18.3 Å². The number of hydrazone groups is 1. The quantitative estimate of drug-likeness (QED) is 0.516. The molecule has 0 spiro atoms. The fraction of sp³-hybridized carbons (Fsp3) is 0.0909. The smallest absolute Gasteiger partial charge is 0.277 e. The molecule has 5 heteroatoms. The minimum atomic E-state index is -0.347. The third-order valence-electron chi connectivity index (χ3n) is 3.96. The summed E-state index contributed by atoms with van der Waals surface area (Å²) in [6.07, 6.45) is 0. The van der Waals surface area contributed by atoms with Gasteiger partial charge in [0, 0.05) is 0 Å². The van der Waals surface area contributed by atoms with E-state index in [9.17, 15) is 9.90 Å². The number of rotatable bonds is 6. The Morgan fingerprint density at radius 2 is 1.56 bits per heavy atom. The first-order valence-electron chi connectivity index (χ1n) is 8.52. The Kier molecular flexibility index (Phi) is 5.84. The minimum Gasteiger partial charge on any atom is -0.508 e. The second-order valence-electron chi connectivity index (χ2n) is 5.96. The molecule has 3 rings (SSSR count). The molecule has 27 heavy (non-hydrogen) atoms. The van der Waals surface area contributed by atoms with E-state index < -0.39 is 0 Å². The molecule has 1 amide bonds. The molecule has 0 aliphatic heterocycles. The first-order valence-corrected chi connectivity index (χ1v) is 8.52. The number of phenols is 1. The van der Waals surface area contributed by atoms with Crippen LogP contribution in [0.5, 0.6) is 11.5 Å². The summed E-state index contributed by atoms with van der Waals surface area (Å²) in [5, 5.41) is 13.3. The molecule has 5 nitrogen and oxygen atoms in total. The molecular formula is C22H20N2O3. The molecule has 2 N–H and O–H groups in total. The zero-order valence-corrected chi connectivity index (χ0v) is 14.9. The van der Waals surface area contributed by atoms with E-state index in [0.29, 0.717) is 11.5 Å². The Bertz CT molecular complexity index is 918. The van der Waals surface area contributed by atoms with Gasteiger partial charge in [0.25, 0.3) is 5.91 Å². The monoisotopic (exact) mass is 360 g/mol. The van der Waals surface area contributed by atoms with Crippen molar-refractivity contribution in [2.24, 2.45) is 5.10 Å². The molecule has 0 bridgehead atoms. The molecule has 0 saturated heterocycles. The molecule has 0 fully saturated rings. The Balaban J connectivity index is 1.51. The third kappa shape index (κ3) is 5.19. The average molecular weight is 360 g/mol. The van der Waals surface area contributed by atoms with Crippen molar-refractivity contribution >= 4 is 11.6 Å². The summed E-state index contributed by atoms with van der Waals surface area (Å²) in [4.78, 5) is 11.9. The summed E-state index contributed by atoms with van der Waals surface area (Å²) in [6.45, 7) is 1.65. The highest BCUT2D eigenvalue weighted by Gasteiger charge is 2.04. The van der Waals surface area contributed by atoms with Gasteiger partial charge in [0.15, 0.2) is 6.61 Å². The van der Waals surface area contributed by atoms with Crippen molar-refractivity contribution in [2.75, 3.05) is 6.61 Å². The summed E-state index contributed by atoms with van der Waals surface area (Å²) < 4.78 is 5.50. The lowest BCUT2D eigenvalue weighted by Crippen LogP contribution is -2.25. The largest absolute Gasteiger partial charge is 0.508 e. The number of phenolic OH excluding ortho intramolecular Hbond substituents is 1. The number of hydrogen-bond acceptors (Lipinski definition) is 4. The van der Waals surface area contributed by atoms with Crippen LogP contribution in [0.15, 0.2) is 84.0 Å². The van der Waals surface area contributed by atoms with Crippen molar-refractivity contribution in [1.82, 2.24) is 5.43 Å². The first-order chi connectivity index (χ1) is 13.1. The number of nitrogens with zero attached hydrogens (tertiary/aromatic N) is 1. The maximum Gasteiger partial charge on any atom is 0.277 e. The molecule has 3 aromatic rings. The molecule has 3 aromatic carbocycles. The summed E-state index contributed by atoms with van der Waals surface area (Å²) in [5.74, 6) is 0.451. The standard InChI is InChI=1S/C22H20N2O3/c1-16(17-7-11-20(25)12-8-17)23-24-22(26)15-27-21-13-9-19(10-14-21)18-5-3-2-4-6-18/h2-14,25H,15H2,1H3,(H,24,26). The number of benzene rings is 3. The lowest BCUT2D eigenvalue weighted by Gasteiger charge is -2.07. The molecule has 0 aliphatic carbocycles. The minimum absolute atomic E-state index is 0.128. The highest BCUT2D eigenvalue weighted by molar-refractivity contribution is 5.99. The predicted octanol–water partition coefficient (Wildman–Crippen LogP) is 3.98. The molecule has 0 atom stereocenters. The first kappa shape index (κ1) is 18.2. The lowest BCUT2D eigenvalue weighted by atomic mass is 10.1. The van der Waals surface area contributed by atoms with Crippen LogP contribution in [0, 0.1) is 0 Å². The summed E-state index contributed by atoms with van der Waals surface area (Å²) in [7, 11) is 0. The highest BCUT2D eigenvalue weighted by atomic mass is 16.5. The third-order valence-corrected chi connectivity index (χ3v) is 3.96. The van der Waals surface area contributed by atoms with Crippen molar-refractivity contribution in [3.05, 3.63) is 84.4 Å². The van der Waals surface area contributed by atoms with Gasteiger partial charge in [-0.25, -0.2) is 5.43 Å². The second-order valence-corrected chi connectivity index (χ2v) is 5.96. The molecule has 0 aromatic heterocycles. The van der Waals surface area contributed by atoms with E-state index in [0.717, 1.165) is 16.7 Å². The Labute approximate surface area is 157 Å². The van der Waals surface area contributed by atoms with Gasteiger partial charge < -0.3 is 9.84 Å². The highest BCUT2D eigenvalue weighted by Crippen LogP contribution is 2.21. The van der Waals surface area contributed by atoms with Crippen LogP contribution in [0.2, 0.25) is 0 Å². The molecule has 0 aliphatic rings.